The number of para-hydroxylation sites is 1. The molecular weight excluding hydrogens is 316 g/mol. The second-order valence-corrected chi connectivity index (χ2v) is 5.62. The summed E-state index contributed by atoms with van der Waals surface area (Å²) in [6.07, 6.45) is 1.86. The third-order valence-corrected chi connectivity index (χ3v) is 4.25. The molecular formula is C15H14N4OS2. The molecule has 1 amide bonds. The van der Waals surface area contributed by atoms with Gasteiger partial charge >= 0.3 is 0 Å². The van der Waals surface area contributed by atoms with Crippen molar-refractivity contribution in [2.75, 3.05) is 6.26 Å². The van der Waals surface area contributed by atoms with E-state index < -0.39 is 0 Å². The molecule has 0 aliphatic rings. The highest BCUT2D eigenvalue weighted by Crippen LogP contribution is 2.22. The maximum absolute atomic E-state index is 11.4. The van der Waals surface area contributed by atoms with Crippen LogP contribution in [0.5, 0.6) is 0 Å². The van der Waals surface area contributed by atoms with Crippen molar-refractivity contribution in [3.63, 3.8) is 0 Å². The first kappa shape index (κ1) is 16.2. The van der Waals surface area contributed by atoms with Gasteiger partial charge in [0.05, 0.1) is 0 Å². The Morgan fingerprint density at radius 2 is 2.00 bits per heavy atom. The van der Waals surface area contributed by atoms with E-state index in [-0.39, 0.29) is 11.4 Å². The van der Waals surface area contributed by atoms with E-state index in [9.17, 15) is 10.1 Å². The van der Waals surface area contributed by atoms with Gasteiger partial charge in [-0.15, -0.1) is 11.8 Å². The van der Waals surface area contributed by atoms with E-state index in [1.54, 1.807) is 11.6 Å². The maximum atomic E-state index is 11.4. The summed E-state index contributed by atoms with van der Waals surface area (Å²) in [4.78, 5) is 15.3. The summed E-state index contributed by atoms with van der Waals surface area (Å²) in [5, 5.41) is 10.2. The monoisotopic (exact) mass is 330 g/mol. The minimum Gasteiger partial charge on any atom is -0.305 e. The molecule has 0 radical (unpaired) electrons. The maximum Gasteiger partial charge on any atom is 0.244 e. The first-order chi connectivity index (χ1) is 10.5. The number of carbonyl (C=O) groups is 1. The van der Waals surface area contributed by atoms with Crippen molar-refractivity contribution in [3.8, 4) is 11.8 Å². The number of rotatable bonds is 2. The van der Waals surface area contributed by atoms with Crippen LogP contribution in [-0.2, 0) is 11.8 Å². The van der Waals surface area contributed by atoms with E-state index in [2.05, 4.69) is 11.1 Å². The van der Waals surface area contributed by atoms with Crippen LogP contribution in [-0.4, -0.2) is 21.3 Å². The molecule has 2 aromatic rings. The predicted molar refractivity (Wildman–Crippen MR) is 88.3 cm³/mol. The minimum atomic E-state index is -0.369. The molecule has 1 aromatic carbocycles. The number of thioether (sulfide) groups is 1. The first-order valence-electron chi connectivity index (χ1n) is 6.42. The normalized spacial score (nSPS) is 11.3. The summed E-state index contributed by atoms with van der Waals surface area (Å²) < 4.78 is 3.87. The third-order valence-electron chi connectivity index (χ3n) is 3.02. The highest BCUT2D eigenvalue weighted by Gasteiger charge is 2.15. The largest absolute Gasteiger partial charge is 0.305 e. The lowest BCUT2D eigenvalue weighted by molar-refractivity contribution is -0.116. The van der Waals surface area contributed by atoms with Crippen LogP contribution in [0, 0.1) is 16.1 Å². The lowest BCUT2D eigenvalue weighted by Gasteiger charge is -2.16. The van der Waals surface area contributed by atoms with Crippen LogP contribution in [0.15, 0.2) is 40.4 Å². The molecule has 22 heavy (non-hydrogen) atoms. The lowest BCUT2D eigenvalue weighted by Crippen LogP contribution is -2.28. The topological polar surface area (TPSA) is 63.1 Å². The summed E-state index contributed by atoms with van der Waals surface area (Å²) in [6.45, 7) is 1.35. The van der Waals surface area contributed by atoms with Gasteiger partial charge in [0.25, 0.3) is 0 Å². The molecule has 7 heteroatoms. The van der Waals surface area contributed by atoms with Crippen molar-refractivity contribution in [3.05, 3.63) is 46.2 Å². The van der Waals surface area contributed by atoms with Gasteiger partial charge < -0.3 is 4.57 Å². The molecule has 0 spiro atoms. The fourth-order valence-corrected chi connectivity index (χ4v) is 3.14. The third kappa shape index (κ3) is 2.89. The molecule has 112 valence electrons. The Labute approximate surface area is 137 Å². The Balaban J connectivity index is 3.02. The molecule has 2 rings (SSSR count). The van der Waals surface area contributed by atoms with Crippen molar-refractivity contribution < 1.29 is 4.79 Å². The van der Waals surface area contributed by atoms with Crippen molar-refractivity contribution in [1.82, 2.24) is 9.13 Å². The van der Waals surface area contributed by atoms with Gasteiger partial charge in [-0.2, -0.15) is 10.3 Å². The van der Waals surface area contributed by atoms with Gasteiger partial charge in [0.15, 0.2) is 10.3 Å². The number of hydrogen-bond acceptors (Lipinski definition) is 4. The predicted octanol–water partition coefficient (Wildman–Crippen LogP) is 2.59. The van der Waals surface area contributed by atoms with Gasteiger partial charge in [-0.3, -0.25) is 9.36 Å². The molecule has 0 N–H and O–H groups in total. The second-order valence-electron chi connectivity index (χ2n) is 4.46. The fraction of sp³-hybridized carbons (Fsp3) is 0.200. The summed E-state index contributed by atoms with van der Waals surface area (Å²) in [5.41, 5.74) is 1.48. The summed E-state index contributed by atoms with van der Waals surface area (Å²) >= 11 is 6.90. The van der Waals surface area contributed by atoms with Gasteiger partial charge in [0, 0.05) is 19.7 Å². The van der Waals surface area contributed by atoms with Crippen LogP contribution in [0.2, 0.25) is 0 Å². The zero-order chi connectivity index (χ0) is 16.3. The van der Waals surface area contributed by atoms with E-state index in [1.807, 2.05) is 41.2 Å². The molecule has 0 atom stereocenters. The molecule has 1 aromatic heterocycles. The summed E-state index contributed by atoms with van der Waals surface area (Å²) in [7, 11) is 1.70. The highest BCUT2D eigenvalue weighted by molar-refractivity contribution is 7.98. The lowest BCUT2D eigenvalue weighted by atomic mass is 10.3. The molecule has 0 unspecified atom stereocenters. The van der Waals surface area contributed by atoms with Crippen LogP contribution in [0.25, 0.3) is 5.69 Å². The molecule has 0 fully saturated rings. The second kappa shape index (κ2) is 6.73. The summed E-state index contributed by atoms with van der Waals surface area (Å²) in [6, 6.07) is 11.7. The Morgan fingerprint density at radius 3 is 2.50 bits per heavy atom. The van der Waals surface area contributed by atoms with Crippen LogP contribution < -0.4 is 5.49 Å². The van der Waals surface area contributed by atoms with Gasteiger partial charge in [-0.25, -0.2) is 0 Å². The first-order valence-corrected chi connectivity index (χ1v) is 8.05. The zero-order valence-electron chi connectivity index (χ0n) is 12.4. The van der Waals surface area contributed by atoms with Gasteiger partial charge in [-0.05, 0) is 30.6 Å². The number of nitrogens with zero attached hydrogens (tertiary/aromatic N) is 4. The van der Waals surface area contributed by atoms with Crippen molar-refractivity contribution in [2.24, 2.45) is 12.0 Å². The molecule has 0 saturated carbocycles. The number of hydrogen-bond donors (Lipinski definition) is 0. The Kier molecular flexibility index (Phi) is 4.96. The van der Waals surface area contributed by atoms with Crippen molar-refractivity contribution in [1.29, 1.82) is 5.26 Å². The highest BCUT2D eigenvalue weighted by atomic mass is 32.2. The van der Waals surface area contributed by atoms with E-state index in [4.69, 9.17) is 12.2 Å². The molecule has 0 bridgehead atoms. The average Bonchev–Trinajstić information content (AvgIpc) is 2.52. The Bertz CT molecular complexity index is 889. The fourth-order valence-electron chi connectivity index (χ4n) is 2.08. The Hall–Kier alpha value is -2.17. The molecule has 0 aliphatic heterocycles. The Morgan fingerprint density at radius 1 is 1.36 bits per heavy atom. The zero-order valence-corrected chi connectivity index (χ0v) is 14.0. The van der Waals surface area contributed by atoms with Crippen LogP contribution in [0.4, 0.5) is 0 Å². The van der Waals surface area contributed by atoms with Crippen molar-refractivity contribution >= 4 is 29.9 Å². The summed E-state index contributed by atoms with van der Waals surface area (Å²) in [5.74, 6) is -0.369. The molecule has 0 aliphatic carbocycles. The minimum absolute atomic E-state index is 0.288. The van der Waals surface area contributed by atoms with Gasteiger partial charge in [0.1, 0.15) is 16.7 Å². The van der Waals surface area contributed by atoms with E-state index >= 15 is 0 Å². The average molecular weight is 330 g/mol. The molecule has 1 heterocycles. The van der Waals surface area contributed by atoms with E-state index in [0.29, 0.717) is 15.4 Å². The quantitative estimate of drug-likeness (QED) is 0.482. The van der Waals surface area contributed by atoms with E-state index in [0.717, 1.165) is 5.69 Å². The number of aromatic nitrogens is 2. The molecule has 0 saturated heterocycles. The van der Waals surface area contributed by atoms with Crippen LogP contribution in [0.3, 0.4) is 0 Å². The standard InChI is InChI=1S/C15H14N4OS2/c1-10(20)17-13-12(9-16)14(22-3)19(15(21)18(13)2)11-7-5-4-6-8-11/h4-8H,1-3H3. The van der Waals surface area contributed by atoms with Crippen LogP contribution >= 0.6 is 24.0 Å². The van der Waals surface area contributed by atoms with Gasteiger partial charge in [0.2, 0.25) is 5.91 Å². The number of benzene rings is 1. The van der Waals surface area contributed by atoms with E-state index in [1.165, 1.54) is 18.7 Å². The smallest absolute Gasteiger partial charge is 0.244 e. The number of carbonyl (C=O) groups excluding carboxylic acids is 1. The van der Waals surface area contributed by atoms with Gasteiger partial charge in [-0.1, -0.05) is 18.2 Å². The van der Waals surface area contributed by atoms with Crippen molar-refractivity contribution in [2.45, 2.75) is 11.9 Å². The number of amides is 1. The molecule has 5 nitrogen and oxygen atoms in total. The SMILES string of the molecule is CSc1c(C#N)c(=NC(C)=O)n(C)c(=S)n1-c1ccccc1. The number of nitriles is 1. The van der Waals surface area contributed by atoms with Crippen LogP contribution in [0.1, 0.15) is 12.5 Å².